The minimum absolute atomic E-state index is 0.00631. The number of carbonyl (C=O) groups is 1. The van der Waals surface area contributed by atoms with Gasteiger partial charge in [0, 0.05) is 44.7 Å². The summed E-state index contributed by atoms with van der Waals surface area (Å²) < 4.78 is 5.22. The second kappa shape index (κ2) is 6.89. The average molecular weight is 302 g/mol. The zero-order chi connectivity index (χ0) is 15.4. The summed E-state index contributed by atoms with van der Waals surface area (Å²) >= 11 is 0. The van der Waals surface area contributed by atoms with Gasteiger partial charge in [-0.2, -0.15) is 0 Å². The SMILES string of the molecule is CN1CCN(CCNC(=O)Cc2noc3ccccc23)CC1. The van der Waals surface area contributed by atoms with Gasteiger partial charge in [-0.05, 0) is 19.2 Å². The van der Waals surface area contributed by atoms with Crippen LogP contribution in [0, 0.1) is 0 Å². The minimum Gasteiger partial charge on any atom is -0.356 e. The number of aromatic nitrogens is 1. The monoisotopic (exact) mass is 302 g/mol. The lowest BCUT2D eigenvalue weighted by Crippen LogP contribution is -2.47. The first-order valence-electron chi connectivity index (χ1n) is 7.73. The number of amides is 1. The van der Waals surface area contributed by atoms with Gasteiger partial charge in [0.2, 0.25) is 5.91 Å². The second-order valence-electron chi connectivity index (χ2n) is 5.80. The number of benzene rings is 1. The fraction of sp³-hybridized carbons (Fsp3) is 0.500. The second-order valence-corrected chi connectivity index (χ2v) is 5.80. The van der Waals surface area contributed by atoms with Gasteiger partial charge >= 0.3 is 0 Å². The molecule has 2 heterocycles. The first-order chi connectivity index (χ1) is 10.7. The molecule has 1 amide bonds. The van der Waals surface area contributed by atoms with Gasteiger partial charge in [-0.3, -0.25) is 9.69 Å². The van der Waals surface area contributed by atoms with Crippen LogP contribution in [0.5, 0.6) is 0 Å². The Morgan fingerprint density at radius 1 is 1.27 bits per heavy atom. The van der Waals surface area contributed by atoms with Crippen molar-refractivity contribution in [1.29, 1.82) is 0 Å². The molecule has 2 aromatic rings. The third kappa shape index (κ3) is 3.64. The molecule has 0 unspecified atom stereocenters. The predicted octanol–water partition coefficient (Wildman–Crippen LogP) is 0.734. The van der Waals surface area contributed by atoms with E-state index < -0.39 is 0 Å². The van der Waals surface area contributed by atoms with E-state index in [1.165, 1.54) is 0 Å². The standard InChI is InChI=1S/C16H22N4O2/c1-19-8-10-20(11-9-19)7-6-17-16(21)12-14-13-4-2-3-5-15(13)22-18-14/h2-5H,6-12H2,1H3,(H,17,21). The van der Waals surface area contributed by atoms with Crippen LogP contribution in [0.25, 0.3) is 11.0 Å². The summed E-state index contributed by atoms with van der Waals surface area (Å²) in [5.74, 6) is -0.00631. The molecule has 0 bridgehead atoms. The molecule has 6 heteroatoms. The highest BCUT2D eigenvalue weighted by Crippen LogP contribution is 2.17. The highest BCUT2D eigenvalue weighted by Gasteiger charge is 2.14. The van der Waals surface area contributed by atoms with Crippen LogP contribution in [0.1, 0.15) is 5.69 Å². The molecule has 6 nitrogen and oxygen atoms in total. The maximum Gasteiger partial charge on any atom is 0.226 e. The van der Waals surface area contributed by atoms with Gasteiger partial charge in [0.1, 0.15) is 5.69 Å². The number of nitrogens with zero attached hydrogens (tertiary/aromatic N) is 3. The van der Waals surface area contributed by atoms with Crippen molar-refractivity contribution >= 4 is 16.9 Å². The molecule has 1 aromatic carbocycles. The summed E-state index contributed by atoms with van der Waals surface area (Å²) in [6.07, 6.45) is 0.264. The van der Waals surface area contributed by atoms with E-state index in [-0.39, 0.29) is 12.3 Å². The lowest BCUT2D eigenvalue weighted by molar-refractivity contribution is -0.120. The zero-order valence-electron chi connectivity index (χ0n) is 12.9. The Morgan fingerprint density at radius 2 is 2.05 bits per heavy atom. The van der Waals surface area contributed by atoms with Crippen LogP contribution in [0.15, 0.2) is 28.8 Å². The van der Waals surface area contributed by atoms with Crippen LogP contribution >= 0.6 is 0 Å². The van der Waals surface area contributed by atoms with Crippen molar-refractivity contribution in [3.8, 4) is 0 Å². The Labute approximate surface area is 130 Å². The summed E-state index contributed by atoms with van der Waals surface area (Å²) in [5, 5.41) is 7.87. The molecule has 0 aliphatic carbocycles. The van der Waals surface area contributed by atoms with E-state index in [4.69, 9.17) is 4.52 Å². The summed E-state index contributed by atoms with van der Waals surface area (Å²) in [6.45, 7) is 5.91. The number of fused-ring (bicyclic) bond motifs is 1. The van der Waals surface area contributed by atoms with Crippen molar-refractivity contribution < 1.29 is 9.32 Å². The molecule has 1 N–H and O–H groups in total. The molecule has 0 atom stereocenters. The molecule has 1 saturated heterocycles. The number of likely N-dealkylation sites (N-methyl/N-ethyl adjacent to an activating group) is 1. The molecular weight excluding hydrogens is 280 g/mol. The summed E-state index contributed by atoms with van der Waals surface area (Å²) in [4.78, 5) is 16.7. The first-order valence-corrected chi connectivity index (χ1v) is 7.73. The van der Waals surface area contributed by atoms with Crippen LogP contribution in [0.4, 0.5) is 0 Å². The molecule has 3 rings (SSSR count). The third-order valence-corrected chi connectivity index (χ3v) is 4.13. The maximum absolute atomic E-state index is 12.0. The highest BCUT2D eigenvalue weighted by molar-refractivity contribution is 5.86. The van der Waals surface area contributed by atoms with Gasteiger partial charge in [-0.15, -0.1) is 0 Å². The Bertz CT molecular complexity index is 632. The summed E-state index contributed by atoms with van der Waals surface area (Å²) in [5.41, 5.74) is 1.43. The quantitative estimate of drug-likeness (QED) is 0.882. The van der Waals surface area contributed by atoms with E-state index in [1.807, 2.05) is 24.3 Å². The van der Waals surface area contributed by atoms with Crippen molar-refractivity contribution in [2.75, 3.05) is 46.3 Å². The molecule has 1 aliphatic heterocycles. The van der Waals surface area contributed by atoms with Crippen LogP contribution in [-0.4, -0.2) is 67.2 Å². The average Bonchev–Trinajstić information content (AvgIpc) is 2.93. The van der Waals surface area contributed by atoms with Gasteiger partial charge in [-0.25, -0.2) is 0 Å². The molecule has 0 saturated carbocycles. The molecule has 1 aromatic heterocycles. The largest absolute Gasteiger partial charge is 0.356 e. The molecule has 1 fully saturated rings. The molecule has 0 radical (unpaired) electrons. The molecule has 118 valence electrons. The van der Waals surface area contributed by atoms with Gasteiger partial charge in [0.15, 0.2) is 5.58 Å². The topological polar surface area (TPSA) is 61.6 Å². The smallest absolute Gasteiger partial charge is 0.226 e. The van der Waals surface area contributed by atoms with Crippen molar-refractivity contribution in [2.24, 2.45) is 0 Å². The molecule has 22 heavy (non-hydrogen) atoms. The van der Waals surface area contributed by atoms with Crippen molar-refractivity contribution in [3.05, 3.63) is 30.0 Å². The maximum atomic E-state index is 12.0. The Kier molecular flexibility index (Phi) is 4.70. The van der Waals surface area contributed by atoms with Gasteiger partial charge in [-0.1, -0.05) is 17.3 Å². The van der Waals surface area contributed by atoms with Gasteiger partial charge in [0.05, 0.1) is 6.42 Å². The number of para-hydroxylation sites is 1. The van der Waals surface area contributed by atoms with E-state index >= 15 is 0 Å². The van der Waals surface area contributed by atoms with E-state index in [0.717, 1.165) is 43.7 Å². The number of hydrogen-bond acceptors (Lipinski definition) is 5. The number of nitrogens with one attached hydrogen (secondary N) is 1. The van der Waals surface area contributed by atoms with Gasteiger partial charge in [0.25, 0.3) is 0 Å². The van der Waals surface area contributed by atoms with Crippen molar-refractivity contribution in [2.45, 2.75) is 6.42 Å². The zero-order valence-corrected chi connectivity index (χ0v) is 12.9. The number of carbonyl (C=O) groups excluding carboxylic acids is 1. The predicted molar refractivity (Wildman–Crippen MR) is 84.7 cm³/mol. The molecular formula is C16H22N4O2. The fourth-order valence-electron chi connectivity index (χ4n) is 2.71. The summed E-state index contributed by atoms with van der Waals surface area (Å²) in [7, 11) is 2.14. The normalized spacial score (nSPS) is 17.0. The molecule has 1 aliphatic rings. The van der Waals surface area contributed by atoms with E-state index in [0.29, 0.717) is 12.2 Å². The van der Waals surface area contributed by atoms with Crippen LogP contribution in [0.3, 0.4) is 0 Å². The Balaban J connectivity index is 1.45. The van der Waals surface area contributed by atoms with Crippen molar-refractivity contribution in [1.82, 2.24) is 20.3 Å². The van der Waals surface area contributed by atoms with Crippen LogP contribution in [0.2, 0.25) is 0 Å². The lowest BCUT2D eigenvalue weighted by Gasteiger charge is -2.32. The molecule has 0 spiro atoms. The van der Waals surface area contributed by atoms with E-state index in [2.05, 4.69) is 27.3 Å². The first kappa shape index (κ1) is 15.0. The van der Waals surface area contributed by atoms with Crippen LogP contribution < -0.4 is 5.32 Å². The fourth-order valence-corrected chi connectivity index (χ4v) is 2.71. The lowest BCUT2D eigenvalue weighted by atomic mass is 10.1. The van der Waals surface area contributed by atoms with E-state index in [1.54, 1.807) is 0 Å². The van der Waals surface area contributed by atoms with Crippen molar-refractivity contribution in [3.63, 3.8) is 0 Å². The highest BCUT2D eigenvalue weighted by atomic mass is 16.5. The Morgan fingerprint density at radius 3 is 2.86 bits per heavy atom. The van der Waals surface area contributed by atoms with Gasteiger partial charge < -0.3 is 14.7 Å². The summed E-state index contributed by atoms with van der Waals surface area (Å²) in [6, 6.07) is 7.61. The minimum atomic E-state index is -0.00631. The number of piperazine rings is 1. The Hall–Kier alpha value is -1.92. The van der Waals surface area contributed by atoms with Crippen LogP contribution in [-0.2, 0) is 11.2 Å². The number of rotatable bonds is 5. The third-order valence-electron chi connectivity index (χ3n) is 4.13. The number of hydrogen-bond donors (Lipinski definition) is 1. The van der Waals surface area contributed by atoms with E-state index in [9.17, 15) is 4.79 Å².